The molecule has 23 heavy (non-hydrogen) atoms. The fourth-order valence-corrected chi connectivity index (χ4v) is 3.28. The van der Waals surface area contributed by atoms with Gasteiger partial charge in [-0.2, -0.15) is 11.3 Å². The summed E-state index contributed by atoms with van der Waals surface area (Å²) in [6.07, 6.45) is 3.54. The van der Waals surface area contributed by atoms with Crippen LogP contribution in [0.5, 0.6) is 0 Å². The van der Waals surface area contributed by atoms with Gasteiger partial charge in [-0.15, -0.1) is 0 Å². The van der Waals surface area contributed by atoms with E-state index in [1.807, 2.05) is 23.7 Å². The van der Waals surface area contributed by atoms with Gasteiger partial charge in [0.15, 0.2) is 0 Å². The molecule has 6 heteroatoms. The summed E-state index contributed by atoms with van der Waals surface area (Å²) in [4.78, 5) is 16.4. The Balaban J connectivity index is 1.71. The number of nitrogens with one attached hydrogen (secondary N) is 1. The van der Waals surface area contributed by atoms with Crippen molar-refractivity contribution < 1.29 is 4.79 Å². The lowest BCUT2D eigenvalue weighted by Crippen LogP contribution is -2.23. The van der Waals surface area contributed by atoms with Crippen LogP contribution in [-0.2, 0) is 6.54 Å². The fraction of sp³-hybridized carbons (Fsp3) is 0.0588. The van der Waals surface area contributed by atoms with Crippen molar-refractivity contribution in [3.05, 3.63) is 74.7 Å². The lowest BCUT2D eigenvalue weighted by molar-refractivity contribution is 0.0951. The highest BCUT2D eigenvalue weighted by Gasteiger charge is 2.10. The normalized spacial score (nSPS) is 10.5. The number of thiophene rings is 1. The van der Waals surface area contributed by atoms with E-state index in [1.165, 1.54) is 0 Å². The van der Waals surface area contributed by atoms with Crippen molar-refractivity contribution >= 4 is 40.4 Å². The van der Waals surface area contributed by atoms with Gasteiger partial charge in [0, 0.05) is 29.5 Å². The number of carbonyl (C=O) groups is 1. The number of benzene rings is 1. The van der Waals surface area contributed by atoms with E-state index in [0.717, 1.165) is 16.7 Å². The second-order valence-corrected chi connectivity index (χ2v) is 6.52. The number of pyridine rings is 1. The number of carbonyl (C=O) groups excluding carboxylic acids is 1. The summed E-state index contributed by atoms with van der Waals surface area (Å²) in [5.74, 6) is -0.243. The number of nitrogens with zero attached hydrogens (tertiary/aromatic N) is 1. The first kappa shape index (κ1) is 16.0. The van der Waals surface area contributed by atoms with Crippen molar-refractivity contribution in [1.82, 2.24) is 10.3 Å². The molecule has 3 nitrogen and oxygen atoms in total. The molecule has 0 fully saturated rings. The third-order valence-electron chi connectivity index (χ3n) is 3.28. The summed E-state index contributed by atoms with van der Waals surface area (Å²) in [6.45, 7) is 0.378. The van der Waals surface area contributed by atoms with Crippen molar-refractivity contribution in [2.75, 3.05) is 0 Å². The number of aromatic nitrogens is 1. The van der Waals surface area contributed by atoms with Crippen LogP contribution in [0.3, 0.4) is 0 Å². The predicted octanol–water partition coefficient (Wildman–Crippen LogP) is 5.05. The number of halogens is 2. The third kappa shape index (κ3) is 3.91. The first-order valence-corrected chi connectivity index (χ1v) is 8.53. The molecule has 1 aromatic carbocycles. The Labute approximate surface area is 147 Å². The van der Waals surface area contributed by atoms with Gasteiger partial charge in [-0.1, -0.05) is 23.2 Å². The smallest absolute Gasteiger partial charge is 0.253 e. The Morgan fingerprint density at radius 3 is 2.74 bits per heavy atom. The maximum absolute atomic E-state index is 12.2. The number of hydrogen-bond acceptors (Lipinski definition) is 3. The van der Waals surface area contributed by atoms with Gasteiger partial charge in [0.2, 0.25) is 0 Å². The molecule has 3 aromatic rings. The van der Waals surface area contributed by atoms with Gasteiger partial charge in [0.25, 0.3) is 5.91 Å². The molecule has 3 rings (SSSR count). The van der Waals surface area contributed by atoms with Gasteiger partial charge in [0.1, 0.15) is 0 Å². The molecule has 0 saturated carbocycles. The molecule has 116 valence electrons. The second-order valence-electron chi connectivity index (χ2n) is 4.90. The second kappa shape index (κ2) is 7.13. The van der Waals surface area contributed by atoms with Crippen LogP contribution in [0.25, 0.3) is 11.1 Å². The SMILES string of the molecule is O=C(NCc1cncc(-c2ccsc2)c1)c1ccc(Cl)cc1Cl. The van der Waals surface area contributed by atoms with E-state index in [1.54, 1.807) is 35.7 Å². The average molecular weight is 363 g/mol. The highest BCUT2D eigenvalue weighted by atomic mass is 35.5. The molecule has 0 atom stereocenters. The maximum atomic E-state index is 12.2. The third-order valence-corrected chi connectivity index (χ3v) is 4.51. The first-order valence-electron chi connectivity index (χ1n) is 6.83. The molecule has 1 N–H and O–H groups in total. The molecule has 0 radical (unpaired) electrons. The maximum Gasteiger partial charge on any atom is 0.253 e. The van der Waals surface area contributed by atoms with Crippen molar-refractivity contribution in [2.45, 2.75) is 6.54 Å². The van der Waals surface area contributed by atoms with Gasteiger partial charge >= 0.3 is 0 Å². The summed E-state index contributed by atoms with van der Waals surface area (Å²) in [5, 5.41) is 7.76. The molecule has 0 aliphatic heterocycles. The van der Waals surface area contributed by atoms with Crippen LogP contribution in [0.15, 0.2) is 53.5 Å². The van der Waals surface area contributed by atoms with Gasteiger partial charge < -0.3 is 5.32 Å². The zero-order chi connectivity index (χ0) is 16.2. The standard InChI is InChI=1S/C17H12Cl2N2OS/c18-14-1-2-15(16(19)6-14)17(22)21-8-11-5-13(9-20-7-11)12-3-4-23-10-12/h1-7,9-10H,8H2,(H,21,22). The van der Waals surface area contributed by atoms with E-state index < -0.39 is 0 Å². The Kier molecular flexibility index (Phi) is 4.96. The van der Waals surface area contributed by atoms with E-state index in [-0.39, 0.29) is 5.91 Å². The van der Waals surface area contributed by atoms with Crippen LogP contribution in [0, 0.1) is 0 Å². The van der Waals surface area contributed by atoms with E-state index in [9.17, 15) is 4.79 Å². The summed E-state index contributed by atoms with van der Waals surface area (Å²) >= 11 is 13.5. The van der Waals surface area contributed by atoms with Crippen molar-refractivity contribution in [2.24, 2.45) is 0 Å². The van der Waals surface area contributed by atoms with Crippen LogP contribution in [0.4, 0.5) is 0 Å². The Bertz CT molecular complexity index is 834. The summed E-state index contributed by atoms with van der Waals surface area (Å²) in [7, 11) is 0. The largest absolute Gasteiger partial charge is 0.348 e. The van der Waals surface area contributed by atoms with Gasteiger partial charge in [-0.3, -0.25) is 9.78 Å². The van der Waals surface area contributed by atoms with Crippen LogP contribution < -0.4 is 5.32 Å². The predicted molar refractivity (Wildman–Crippen MR) is 95.2 cm³/mol. The molecule has 1 amide bonds. The van der Waals surface area contributed by atoms with E-state index in [0.29, 0.717) is 22.2 Å². The van der Waals surface area contributed by atoms with Gasteiger partial charge in [-0.25, -0.2) is 0 Å². The minimum Gasteiger partial charge on any atom is -0.348 e. The van der Waals surface area contributed by atoms with Crippen LogP contribution in [-0.4, -0.2) is 10.9 Å². The average Bonchev–Trinajstić information content (AvgIpc) is 3.07. The molecular weight excluding hydrogens is 351 g/mol. The fourth-order valence-electron chi connectivity index (χ4n) is 2.12. The van der Waals surface area contributed by atoms with Gasteiger partial charge in [0.05, 0.1) is 10.6 Å². The highest BCUT2D eigenvalue weighted by molar-refractivity contribution is 7.08. The Morgan fingerprint density at radius 2 is 2.00 bits per heavy atom. The molecule has 0 unspecified atom stereocenters. The Morgan fingerprint density at radius 1 is 1.13 bits per heavy atom. The molecule has 2 aromatic heterocycles. The van der Waals surface area contributed by atoms with E-state index >= 15 is 0 Å². The number of hydrogen-bond donors (Lipinski definition) is 1. The van der Waals surface area contributed by atoms with Crippen LogP contribution in [0.1, 0.15) is 15.9 Å². The molecule has 2 heterocycles. The first-order chi connectivity index (χ1) is 11.1. The lowest BCUT2D eigenvalue weighted by Gasteiger charge is -2.08. The van der Waals surface area contributed by atoms with Crippen molar-refractivity contribution in [1.29, 1.82) is 0 Å². The van der Waals surface area contributed by atoms with Crippen molar-refractivity contribution in [3.63, 3.8) is 0 Å². The lowest BCUT2D eigenvalue weighted by atomic mass is 10.1. The monoisotopic (exact) mass is 362 g/mol. The van der Waals surface area contributed by atoms with Crippen molar-refractivity contribution in [3.8, 4) is 11.1 Å². The molecule has 0 saturated heterocycles. The Hall–Kier alpha value is -1.88. The summed E-state index contributed by atoms with van der Waals surface area (Å²) < 4.78 is 0. The van der Waals surface area contributed by atoms with Gasteiger partial charge in [-0.05, 0) is 52.2 Å². The zero-order valence-electron chi connectivity index (χ0n) is 11.9. The molecule has 0 bridgehead atoms. The van der Waals surface area contributed by atoms with E-state index in [2.05, 4.69) is 15.7 Å². The molecule has 0 spiro atoms. The highest BCUT2D eigenvalue weighted by Crippen LogP contribution is 2.23. The minimum absolute atomic E-state index is 0.243. The topological polar surface area (TPSA) is 42.0 Å². The number of amides is 1. The van der Waals surface area contributed by atoms with Crippen LogP contribution >= 0.6 is 34.5 Å². The quantitative estimate of drug-likeness (QED) is 0.705. The van der Waals surface area contributed by atoms with E-state index in [4.69, 9.17) is 23.2 Å². The zero-order valence-corrected chi connectivity index (χ0v) is 14.3. The molecule has 0 aliphatic rings. The number of rotatable bonds is 4. The minimum atomic E-state index is -0.243. The summed E-state index contributed by atoms with van der Waals surface area (Å²) in [6, 6.07) is 8.86. The summed E-state index contributed by atoms with van der Waals surface area (Å²) in [5.41, 5.74) is 3.48. The van der Waals surface area contributed by atoms with Crippen LogP contribution in [0.2, 0.25) is 10.0 Å². The molecular formula is C17H12Cl2N2OS. The molecule has 0 aliphatic carbocycles.